The van der Waals surface area contributed by atoms with Gasteiger partial charge in [-0.15, -0.1) is 11.3 Å². The van der Waals surface area contributed by atoms with E-state index in [1.54, 1.807) is 31.6 Å². The Hall–Kier alpha value is -3.16. The normalized spacial score (nSPS) is 14.6. The van der Waals surface area contributed by atoms with Crippen LogP contribution in [0.5, 0.6) is 11.5 Å². The lowest BCUT2D eigenvalue weighted by molar-refractivity contribution is -0.127. The lowest BCUT2D eigenvalue weighted by Crippen LogP contribution is -2.47. The molecule has 0 atom stereocenters. The molecule has 1 saturated heterocycles. The van der Waals surface area contributed by atoms with Gasteiger partial charge in [-0.05, 0) is 49.4 Å². The van der Waals surface area contributed by atoms with Gasteiger partial charge in [0, 0.05) is 55.3 Å². The molecule has 0 saturated carbocycles. The predicted octanol–water partition coefficient (Wildman–Crippen LogP) is 4.49. The van der Waals surface area contributed by atoms with Crippen molar-refractivity contribution < 1.29 is 14.3 Å². The number of carbonyl (C=O) groups is 1. The van der Waals surface area contributed by atoms with Crippen molar-refractivity contribution >= 4 is 23.3 Å². The van der Waals surface area contributed by atoms with E-state index in [0.717, 1.165) is 58.5 Å². The number of ether oxygens (including phenoxy) is 2. The molecule has 0 spiro atoms. The van der Waals surface area contributed by atoms with E-state index in [0.29, 0.717) is 13.1 Å². The fourth-order valence-electron chi connectivity index (χ4n) is 3.85. The standard InChI is InChI=1S/C26H29N3O3S/c1-19-4-10-24(32-3)21(16-19)7-11-25(30)29-14-12-28(13-15-29)17-22-18-33-26(27-22)20-5-8-23(31-2)9-6-20/h4-11,16,18H,12-15,17H2,1-3H3/b11-7+. The van der Waals surface area contributed by atoms with Gasteiger partial charge in [0.05, 0.1) is 19.9 Å². The topological polar surface area (TPSA) is 54.9 Å². The smallest absolute Gasteiger partial charge is 0.246 e. The monoisotopic (exact) mass is 463 g/mol. The molecule has 0 aliphatic carbocycles. The molecule has 1 aliphatic rings. The Morgan fingerprint density at radius 1 is 1.06 bits per heavy atom. The number of benzene rings is 2. The average Bonchev–Trinajstić information content (AvgIpc) is 3.31. The van der Waals surface area contributed by atoms with Crippen molar-refractivity contribution in [2.24, 2.45) is 0 Å². The van der Waals surface area contributed by atoms with Crippen LogP contribution in [-0.2, 0) is 11.3 Å². The van der Waals surface area contributed by atoms with E-state index in [2.05, 4.69) is 10.3 Å². The Morgan fingerprint density at radius 2 is 1.82 bits per heavy atom. The first kappa shape index (κ1) is 23.0. The van der Waals surface area contributed by atoms with Gasteiger partial charge in [0.1, 0.15) is 16.5 Å². The van der Waals surface area contributed by atoms with Crippen LogP contribution in [-0.4, -0.2) is 61.1 Å². The molecular formula is C26H29N3O3S. The third-order valence-corrected chi connectivity index (χ3v) is 6.69. The molecule has 1 aromatic heterocycles. The summed E-state index contributed by atoms with van der Waals surface area (Å²) in [6.07, 6.45) is 3.49. The molecule has 6 nitrogen and oxygen atoms in total. The molecule has 0 unspecified atom stereocenters. The van der Waals surface area contributed by atoms with Gasteiger partial charge in [0.2, 0.25) is 5.91 Å². The van der Waals surface area contributed by atoms with Gasteiger partial charge in [0.15, 0.2) is 0 Å². The molecule has 7 heteroatoms. The number of hydrogen-bond donors (Lipinski definition) is 0. The van der Waals surface area contributed by atoms with Gasteiger partial charge in [-0.3, -0.25) is 9.69 Å². The van der Waals surface area contributed by atoms with Crippen LogP contribution in [0, 0.1) is 6.92 Å². The number of piperazine rings is 1. The molecular weight excluding hydrogens is 434 g/mol. The average molecular weight is 464 g/mol. The molecule has 1 aliphatic heterocycles. The summed E-state index contributed by atoms with van der Waals surface area (Å²) in [5.74, 6) is 1.65. The lowest BCUT2D eigenvalue weighted by atomic mass is 10.1. The summed E-state index contributed by atoms with van der Waals surface area (Å²) in [7, 11) is 3.31. The zero-order chi connectivity index (χ0) is 23.2. The third kappa shape index (κ3) is 5.80. The summed E-state index contributed by atoms with van der Waals surface area (Å²) in [5.41, 5.74) is 4.21. The zero-order valence-corrected chi connectivity index (χ0v) is 20.1. The molecule has 0 N–H and O–H groups in total. The van der Waals surface area contributed by atoms with Crippen molar-refractivity contribution in [2.75, 3.05) is 40.4 Å². The van der Waals surface area contributed by atoms with Crippen LogP contribution < -0.4 is 9.47 Å². The number of thiazole rings is 1. The van der Waals surface area contributed by atoms with E-state index in [-0.39, 0.29) is 5.91 Å². The molecule has 4 rings (SSSR count). The Morgan fingerprint density at radius 3 is 2.52 bits per heavy atom. The van der Waals surface area contributed by atoms with Crippen molar-refractivity contribution in [3.63, 3.8) is 0 Å². The second-order valence-corrected chi connectivity index (χ2v) is 8.91. The molecule has 1 fully saturated rings. The fraction of sp³-hybridized carbons (Fsp3) is 0.308. The Bertz CT molecular complexity index is 1120. The molecule has 2 heterocycles. The van der Waals surface area contributed by atoms with E-state index in [1.165, 1.54) is 0 Å². The van der Waals surface area contributed by atoms with Crippen LogP contribution in [0.1, 0.15) is 16.8 Å². The third-order valence-electron chi connectivity index (χ3n) is 5.75. The largest absolute Gasteiger partial charge is 0.497 e. The maximum absolute atomic E-state index is 12.7. The summed E-state index contributed by atoms with van der Waals surface area (Å²) < 4.78 is 10.6. The molecule has 1 amide bonds. The maximum atomic E-state index is 12.7. The van der Waals surface area contributed by atoms with Crippen LogP contribution in [0.2, 0.25) is 0 Å². The van der Waals surface area contributed by atoms with Crippen LogP contribution in [0.25, 0.3) is 16.6 Å². The SMILES string of the molecule is COc1ccc(-c2nc(CN3CCN(C(=O)/C=C/c4cc(C)ccc4OC)CC3)cs2)cc1. The van der Waals surface area contributed by atoms with Crippen molar-refractivity contribution in [3.8, 4) is 22.1 Å². The first-order valence-corrected chi connectivity index (χ1v) is 11.9. The lowest BCUT2D eigenvalue weighted by Gasteiger charge is -2.33. The van der Waals surface area contributed by atoms with Gasteiger partial charge < -0.3 is 14.4 Å². The second kappa shape index (κ2) is 10.6. The van der Waals surface area contributed by atoms with Gasteiger partial charge in [-0.25, -0.2) is 4.98 Å². The van der Waals surface area contributed by atoms with Crippen molar-refractivity contribution in [3.05, 3.63) is 70.7 Å². The highest BCUT2D eigenvalue weighted by Crippen LogP contribution is 2.26. The van der Waals surface area contributed by atoms with E-state index in [9.17, 15) is 4.79 Å². The molecule has 172 valence electrons. The van der Waals surface area contributed by atoms with Gasteiger partial charge in [-0.1, -0.05) is 11.6 Å². The van der Waals surface area contributed by atoms with E-state index >= 15 is 0 Å². The number of aryl methyl sites for hydroxylation is 1. The quantitative estimate of drug-likeness (QED) is 0.483. The number of carbonyl (C=O) groups excluding carboxylic acids is 1. The van der Waals surface area contributed by atoms with E-state index in [4.69, 9.17) is 14.5 Å². The second-order valence-electron chi connectivity index (χ2n) is 8.05. The number of methoxy groups -OCH3 is 2. The highest BCUT2D eigenvalue weighted by atomic mass is 32.1. The van der Waals surface area contributed by atoms with Crippen molar-refractivity contribution in [1.82, 2.24) is 14.8 Å². The van der Waals surface area contributed by atoms with Crippen molar-refractivity contribution in [1.29, 1.82) is 0 Å². The highest BCUT2D eigenvalue weighted by molar-refractivity contribution is 7.13. The molecule has 0 radical (unpaired) electrons. The van der Waals surface area contributed by atoms with Crippen molar-refractivity contribution in [2.45, 2.75) is 13.5 Å². The number of aromatic nitrogens is 1. The summed E-state index contributed by atoms with van der Waals surface area (Å²) in [5, 5.41) is 3.13. The minimum Gasteiger partial charge on any atom is -0.497 e. The van der Waals surface area contributed by atoms with Gasteiger partial charge in [0.25, 0.3) is 0 Å². The van der Waals surface area contributed by atoms with Crippen LogP contribution in [0.4, 0.5) is 0 Å². The summed E-state index contributed by atoms with van der Waals surface area (Å²) >= 11 is 1.66. The maximum Gasteiger partial charge on any atom is 0.246 e. The van der Waals surface area contributed by atoms with Crippen LogP contribution >= 0.6 is 11.3 Å². The summed E-state index contributed by atoms with van der Waals surface area (Å²) in [6.45, 7) is 5.92. The van der Waals surface area contributed by atoms with Gasteiger partial charge >= 0.3 is 0 Å². The van der Waals surface area contributed by atoms with E-state index in [1.807, 2.05) is 60.4 Å². The Kier molecular flexibility index (Phi) is 7.42. The van der Waals surface area contributed by atoms with Gasteiger partial charge in [-0.2, -0.15) is 0 Å². The minimum absolute atomic E-state index is 0.0358. The zero-order valence-electron chi connectivity index (χ0n) is 19.3. The Labute approximate surface area is 199 Å². The molecule has 2 aromatic carbocycles. The molecule has 3 aromatic rings. The number of rotatable bonds is 7. The summed E-state index contributed by atoms with van der Waals surface area (Å²) in [4.78, 5) is 21.7. The first-order chi connectivity index (χ1) is 16.1. The molecule has 33 heavy (non-hydrogen) atoms. The molecule has 0 bridgehead atoms. The predicted molar refractivity (Wildman–Crippen MR) is 133 cm³/mol. The van der Waals surface area contributed by atoms with E-state index < -0.39 is 0 Å². The van der Waals surface area contributed by atoms with Crippen LogP contribution in [0.15, 0.2) is 53.9 Å². The minimum atomic E-state index is 0.0358. The Balaban J connectivity index is 1.30. The number of hydrogen-bond acceptors (Lipinski definition) is 6. The highest BCUT2D eigenvalue weighted by Gasteiger charge is 2.20. The fourth-order valence-corrected chi connectivity index (χ4v) is 4.67. The number of amides is 1. The number of nitrogens with zero attached hydrogens (tertiary/aromatic N) is 3. The van der Waals surface area contributed by atoms with Crippen LogP contribution in [0.3, 0.4) is 0 Å². The summed E-state index contributed by atoms with van der Waals surface area (Å²) in [6, 6.07) is 13.9. The first-order valence-electron chi connectivity index (χ1n) is 11.0.